The van der Waals surface area contributed by atoms with E-state index in [0.29, 0.717) is 11.3 Å². The van der Waals surface area contributed by atoms with E-state index in [1.807, 2.05) is 6.92 Å². The maximum Gasteiger partial charge on any atom is 0.273 e. The lowest BCUT2D eigenvalue weighted by Crippen LogP contribution is -2.21. The van der Waals surface area contributed by atoms with E-state index < -0.39 is 4.92 Å². The molecule has 5 heteroatoms. The summed E-state index contributed by atoms with van der Waals surface area (Å²) >= 11 is 0. The summed E-state index contributed by atoms with van der Waals surface area (Å²) in [4.78, 5) is 22.3. The van der Waals surface area contributed by atoms with Crippen molar-refractivity contribution in [1.82, 2.24) is 5.32 Å². The Morgan fingerprint density at radius 2 is 2.05 bits per heavy atom. The van der Waals surface area contributed by atoms with Gasteiger partial charge in [0.1, 0.15) is 0 Å². The fraction of sp³-hybridized carbons (Fsp3) is 0.214. The average molecular weight is 260 g/mol. The van der Waals surface area contributed by atoms with Crippen molar-refractivity contribution in [2.75, 3.05) is 0 Å². The van der Waals surface area contributed by atoms with Gasteiger partial charge in [-0.3, -0.25) is 14.9 Å². The minimum Gasteiger partial charge on any atom is -0.322 e. The smallest absolute Gasteiger partial charge is 0.273 e. The van der Waals surface area contributed by atoms with Crippen LogP contribution in [0.15, 0.2) is 42.1 Å². The van der Waals surface area contributed by atoms with E-state index in [0.717, 1.165) is 0 Å². The first-order valence-corrected chi connectivity index (χ1v) is 5.85. The first-order valence-electron chi connectivity index (χ1n) is 5.85. The molecule has 0 unspecified atom stereocenters. The summed E-state index contributed by atoms with van der Waals surface area (Å²) in [6, 6.07) is 4.42. The van der Waals surface area contributed by atoms with Crippen molar-refractivity contribution in [2.24, 2.45) is 0 Å². The first kappa shape index (κ1) is 14.6. The number of amides is 1. The monoisotopic (exact) mass is 260 g/mol. The zero-order valence-electron chi connectivity index (χ0n) is 11.1. The molecule has 1 N–H and O–H groups in total. The van der Waals surface area contributed by atoms with Gasteiger partial charge in [0.15, 0.2) is 0 Å². The lowest BCUT2D eigenvalue weighted by molar-refractivity contribution is -0.385. The number of carbonyl (C=O) groups excluding carboxylic acids is 1. The van der Waals surface area contributed by atoms with Crippen LogP contribution >= 0.6 is 0 Å². The van der Waals surface area contributed by atoms with Crippen LogP contribution < -0.4 is 5.32 Å². The molecule has 0 fully saturated rings. The third-order valence-corrected chi connectivity index (χ3v) is 2.58. The SMILES string of the molecule is C/C=C\C(=C/C)NC(=O)c1ccc(C)c([N+](=O)[O-])c1. The zero-order valence-corrected chi connectivity index (χ0v) is 11.1. The summed E-state index contributed by atoms with van der Waals surface area (Å²) in [7, 11) is 0. The topological polar surface area (TPSA) is 72.2 Å². The molecule has 1 rings (SSSR count). The van der Waals surface area contributed by atoms with Crippen LogP contribution in [0.4, 0.5) is 5.69 Å². The fourth-order valence-electron chi connectivity index (χ4n) is 1.54. The van der Waals surface area contributed by atoms with Crippen molar-refractivity contribution in [3.8, 4) is 0 Å². The second-order valence-corrected chi connectivity index (χ2v) is 3.96. The summed E-state index contributed by atoms with van der Waals surface area (Å²) < 4.78 is 0. The maximum absolute atomic E-state index is 12.0. The van der Waals surface area contributed by atoms with E-state index in [2.05, 4.69) is 5.32 Å². The molecule has 5 nitrogen and oxygen atoms in total. The molecule has 0 aliphatic carbocycles. The first-order chi connectivity index (χ1) is 8.99. The molecular weight excluding hydrogens is 244 g/mol. The van der Waals surface area contributed by atoms with Crippen LogP contribution in [0.3, 0.4) is 0 Å². The van der Waals surface area contributed by atoms with Crippen molar-refractivity contribution in [3.63, 3.8) is 0 Å². The predicted molar refractivity (Wildman–Crippen MR) is 73.9 cm³/mol. The van der Waals surface area contributed by atoms with Gasteiger partial charge in [0.2, 0.25) is 0 Å². The van der Waals surface area contributed by atoms with E-state index >= 15 is 0 Å². The quantitative estimate of drug-likeness (QED) is 0.513. The largest absolute Gasteiger partial charge is 0.322 e. The van der Waals surface area contributed by atoms with E-state index in [9.17, 15) is 14.9 Å². The molecule has 0 heterocycles. The summed E-state index contributed by atoms with van der Waals surface area (Å²) in [5.41, 5.74) is 1.39. The second kappa shape index (κ2) is 6.49. The minimum absolute atomic E-state index is 0.0549. The van der Waals surface area contributed by atoms with Crippen molar-refractivity contribution >= 4 is 11.6 Å². The Morgan fingerprint density at radius 1 is 1.37 bits per heavy atom. The molecule has 0 atom stereocenters. The number of carbonyl (C=O) groups is 1. The number of aryl methyl sites for hydroxylation is 1. The van der Waals surface area contributed by atoms with E-state index in [1.165, 1.54) is 6.07 Å². The molecule has 0 saturated carbocycles. The van der Waals surface area contributed by atoms with E-state index in [-0.39, 0.29) is 17.2 Å². The van der Waals surface area contributed by atoms with Crippen LogP contribution in [0.2, 0.25) is 0 Å². The van der Waals surface area contributed by atoms with Crippen LogP contribution in [0.5, 0.6) is 0 Å². The lowest BCUT2D eigenvalue weighted by atomic mass is 10.1. The Bertz CT molecular complexity index is 560. The van der Waals surface area contributed by atoms with Crippen LogP contribution in [-0.2, 0) is 0 Å². The number of allylic oxidation sites excluding steroid dienone is 3. The van der Waals surface area contributed by atoms with Gasteiger partial charge in [0, 0.05) is 22.9 Å². The van der Waals surface area contributed by atoms with E-state index in [4.69, 9.17) is 0 Å². The molecule has 1 aromatic rings. The van der Waals surface area contributed by atoms with Gasteiger partial charge < -0.3 is 5.32 Å². The van der Waals surface area contributed by atoms with Crippen molar-refractivity contribution in [2.45, 2.75) is 20.8 Å². The molecule has 1 amide bonds. The molecule has 19 heavy (non-hydrogen) atoms. The summed E-state index contributed by atoms with van der Waals surface area (Å²) in [6.45, 7) is 5.27. The predicted octanol–water partition coefficient (Wildman–Crippen LogP) is 3.11. The molecule has 0 radical (unpaired) electrons. The molecule has 0 spiro atoms. The van der Waals surface area contributed by atoms with Gasteiger partial charge >= 0.3 is 0 Å². The van der Waals surface area contributed by atoms with Gasteiger partial charge in [0.05, 0.1) is 4.92 Å². The number of hydrogen-bond acceptors (Lipinski definition) is 3. The van der Waals surface area contributed by atoms with Crippen molar-refractivity contribution < 1.29 is 9.72 Å². The molecule has 100 valence electrons. The van der Waals surface area contributed by atoms with Gasteiger partial charge in [0.25, 0.3) is 11.6 Å². The van der Waals surface area contributed by atoms with Crippen LogP contribution in [-0.4, -0.2) is 10.8 Å². The highest BCUT2D eigenvalue weighted by atomic mass is 16.6. The molecule has 0 aliphatic heterocycles. The zero-order chi connectivity index (χ0) is 14.4. The Labute approximate surface area is 111 Å². The number of nitro groups is 1. The van der Waals surface area contributed by atoms with Gasteiger partial charge in [-0.05, 0) is 32.9 Å². The minimum atomic E-state index is -0.491. The Balaban J connectivity index is 3.01. The van der Waals surface area contributed by atoms with Gasteiger partial charge in [-0.15, -0.1) is 0 Å². The molecule has 1 aromatic carbocycles. The van der Waals surface area contributed by atoms with Crippen molar-refractivity contribution in [3.05, 3.63) is 63.4 Å². The number of hydrogen-bond donors (Lipinski definition) is 1. The number of nitrogens with zero attached hydrogens (tertiary/aromatic N) is 1. The van der Waals surface area contributed by atoms with Gasteiger partial charge in [-0.25, -0.2) is 0 Å². The second-order valence-electron chi connectivity index (χ2n) is 3.96. The summed E-state index contributed by atoms with van der Waals surface area (Å²) in [5, 5.41) is 13.5. The third-order valence-electron chi connectivity index (χ3n) is 2.58. The average Bonchev–Trinajstić information content (AvgIpc) is 2.38. The standard InChI is InChI=1S/C14H16N2O3/c1-4-6-12(5-2)15-14(17)11-8-7-10(3)13(9-11)16(18)19/h4-9H,1-3H3,(H,15,17)/b6-4-,12-5+. The number of nitrogens with one attached hydrogen (secondary N) is 1. The van der Waals surface area contributed by atoms with Gasteiger partial charge in [-0.1, -0.05) is 18.2 Å². The molecule has 0 bridgehead atoms. The van der Waals surface area contributed by atoms with Gasteiger partial charge in [-0.2, -0.15) is 0 Å². The molecule has 0 aliphatic rings. The Hall–Kier alpha value is -2.43. The highest BCUT2D eigenvalue weighted by Gasteiger charge is 2.14. The third kappa shape index (κ3) is 3.77. The Morgan fingerprint density at radius 3 is 2.58 bits per heavy atom. The molecular formula is C14H16N2O3. The number of rotatable bonds is 4. The number of benzene rings is 1. The molecule has 0 aromatic heterocycles. The fourth-order valence-corrected chi connectivity index (χ4v) is 1.54. The highest BCUT2D eigenvalue weighted by Crippen LogP contribution is 2.19. The highest BCUT2D eigenvalue weighted by molar-refractivity contribution is 5.96. The van der Waals surface area contributed by atoms with Crippen LogP contribution in [0, 0.1) is 17.0 Å². The summed E-state index contributed by atoms with van der Waals surface area (Å²) in [6.07, 6.45) is 5.30. The van der Waals surface area contributed by atoms with E-state index in [1.54, 1.807) is 44.2 Å². The maximum atomic E-state index is 12.0. The molecule has 0 saturated heterocycles. The lowest BCUT2D eigenvalue weighted by Gasteiger charge is -2.06. The summed E-state index contributed by atoms with van der Waals surface area (Å²) in [5.74, 6) is -0.366. The number of nitro benzene ring substituents is 1. The van der Waals surface area contributed by atoms with Crippen LogP contribution in [0.1, 0.15) is 29.8 Å². The van der Waals surface area contributed by atoms with Crippen LogP contribution in [0.25, 0.3) is 0 Å². The van der Waals surface area contributed by atoms with Crippen molar-refractivity contribution in [1.29, 1.82) is 0 Å². The Kier molecular flexibility index (Phi) is 5.00. The normalized spacial score (nSPS) is 11.6.